The van der Waals surface area contributed by atoms with Gasteiger partial charge in [0.1, 0.15) is 17.2 Å². The second kappa shape index (κ2) is 5.74. The maximum absolute atomic E-state index is 7.17. The Morgan fingerprint density at radius 1 is 1.09 bits per heavy atom. The van der Waals surface area contributed by atoms with Crippen molar-refractivity contribution in [3.8, 4) is 28.1 Å². The van der Waals surface area contributed by atoms with Crippen LogP contribution >= 0.6 is 0 Å². The fraction of sp³-hybridized carbons (Fsp3) is 0.111. The highest BCUT2D eigenvalue weighted by Gasteiger charge is 2.17. The highest BCUT2D eigenvalue weighted by Crippen LogP contribution is 2.38. The zero-order chi connectivity index (χ0) is 15.5. The van der Waals surface area contributed by atoms with E-state index in [9.17, 15) is 0 Å². The Labute approximate surface area is 128 Å². The average molecular weight is 290 g/mol. The van der Waals surface area contributed by atoms with E-state index in [1.165, 1.54) is 0 Å². The summed E-state index contributed by atoms with van der Waals surface area (Å²) in [7, 11) is 1.56. The molecule has 1 aromatic heterocycles. The summed E-state index contributed by atoms with van der Waals surface area (Å²) in [6.07, 6.45) is 0. The largest absolute Gasteiger partial charge is 0.508 e. The van der Waals surface area contributed by atoms with Gasteiger partial charge < -0.3 is 9.26 Å². The van der Waals surface area contributed by atoms with Crippen molar-refractivity contribution in [3.05, 3.63) is 65.7 Å². The lowest BCUT2D eigenvalue weighted by atomic mass is 9.99. The predicted octanol–water partition coefficient (Wildman–Crippen LogP) is 4.88. The molecule has 0 aliphatic rings. The van der Waals surface area contributed by atoms with Crippen LogP contribution in [0.15, 0.2) is 53.1 Å². The van der Waals surface area contributed by atoms with Crippen molar-refractivity contribution < 1.29 is 9.26 Å². The van der Waals surface area contributed by atoms with Crippen LogP contribution < -0.4 is 4.74 Å². The number of hydrogen-bond acceptors (Lipinski definition) is 3. The van der Waals surface area contributed by atoms with Gasteiger partial charge in [-0.2, -0.15) is 0 Å². The molecule has 0 radical (unpaired) electrons. The standard InChI is InChI=1S/C18H14N2O2/c1-12-17(14-9-10-15(19-2)16(11-14)21-3)18(20-22-12)13-7-5-4-6-8-13/h4-11H,1,3H3. The first-order chi connectivity index (χ1) is 10.7. The minimum atomic E-state index is 0.488. The maximum atomic E-state index is 7.17. The van der Waals surface area contributed by atoms with Gasteiger partial charge in [0.25, 0.3) is 0 Å². The van der Waals surface area contributed by atoms with Crippen molar-refractivity contribution >= 4 is 5.69 Å². The van der Waals surface area contributed by atoms with Crippen molar-refractivity contribution in [1.29, 1.82) is 0 Å². The molecule has 0 fully saturated rings. The fourth-order valence-electron chi connectivity index (χ4n) is 2.43. The van der Waals surface area contributed by atoms with E-state index >= 15 is 0 Å². The van der Waals surface area contributed by atoms with Gasteiger partial charge in [-0.15, -0.1) is 0 Å². The first-order valence-corrected chi connectivity index (χ1v) is 6.82. The molecule has 0 bridgehead atoms. The van der Waals surface area contributed by atoms with Gasteiger partial charge in [-0.1, -0.05) is 47.6 Å². The van der Waals surface area contributed by atoms with Crippen LogP contribution in [0.5, 0.6) is 5.75 Å². The van der Waals surface area contributed by atoms with Crippen LogP contribution in [0.3, 0.4) is 0 Å². The van der Waals surface area contributed by atoms with Crippen LogP contribution in [-0.2, 0) is 0 Å². The van der Waals surface area contributed by atoms with Crippen molar-refractivity contribution in [2.45, 2.75) is 6.92 Å². The number of hydrogen-bond donors (Lipinski definition) is 0. The summed E-state index contributed by atoms with van der Waals surface area (Å²) in [5.74, 6) is 1.28. The quantitative estimate of drug-likeness (QED) is 0.646. The lowest BCUT2D eigenvalue weighted by Crippen LogP contribution is -1.87. The predicted molar refractivity (Wildman–Crippen MR) is 84.9 cm³/mol. The molecule has 4 nitrogen and oxygen atoms in total. The van der Waals surface area contributed by atoms with Crippen LogP contribution in [0.1, 0.15) is 5.76 Å². The second-order valence-corrected chi connectivity index (χ2v) is 4.83. The van der Waals surface area contributed by atoms with Crippen LogP contribution in [0.4, 0.5) is 5.69 Å². The van der Waals surface area contributed by atoms with Crippen LogP contribution in [0, 0.1) is 13.5 Å². The summed E-state index contributed by atoms with van der Waals surface area (Å²) in [6, 6.07) is 15.4. The first kappa shape index (κ1) is 13.9. The molecule has 22 heavy (non-hydrogen) atoms. The Balaban J connectivity index is 2.18. The topological polar surface area (TPSA) is 39.6 Å². The molecule has 0 atom stereocenters. The summed E-state index contributed by atoms with van der Waals surface area (Å²) in [6.45, 7) is 9.05. The lowest BCUT2D eigenvalue weighted by Gasteiger charge is -2.07. The monoisotopic (exact) mass is 290 g/mol. The number of aryl methyl sites for hydroxylation is 1. The van der Waals surface area contributed by atoms with Gasteiger partial charge in [0.15, 0.2) is 0 Å². The third-order valence-electron chi connectivity index (χ3n) is 3.50. The number of ether oxygens (including phenoxy) is 1. The van der Waals surface area contributed by atoms with E-state index < -0.39 is 0 Å². The van der Waals surface area contributed by atoms with Gasteiger partial charge in [0.2, 0.25) is 5.69 Å². The van der Waals surface area contributed by atoms with E-state index in [1.807, 2.05) is 49.4 Å². The molecule has 0 saturated heterocycles. The van der Waals surface area contributed by atoms with Crippen molar-refractivity contribution in [2.75, 3.05) is 7.11 Å². The maximum Gasteiger partial charge on any atom is 0.228 e. The van der Waals surface area contributed by atoms with E-state index in [4.69, 9.17) is 15.8 Å². The van der Waals surface area contributed by atoms with Gasteiger partial charge in [0.05, 0.1) is 19.2 Å². The summed E-state index contributed by atoms with van der Waals surface area (Å²) >= 11 is 0. The molecule has 1 heterocycles. The number of nitrogens with zero attached hydrogens (tertiary/aromatic N) is 2. The number of methoxy groups -OCH3 is 1. The Bertz CT molecular complexity index is 845. The van der Waals surface area contributed by atoms with E-state index in [1.54, 1.807) is 13.2 Å². The third-order valence-corrected chi connectivity index (χ3v) is 3.50. The zero-order valence-electron chi connectivity index (χ0n) is 12.3. The smallest absolute Gasteiger partial charge is 0.228 e. The molecular formula is C18H14N2O2. The first-order valence-electron chi connectivity index (χ1n) is 6.82. The normalized spacial score (nSPS) is 10.2. The van der Waals surface area contributed by atoms with Gasteiger partial charge in [-0.05, 0) is 18.6 Å². The molecule has 108 valence electrons. The van der Waals surface area contributed by atoms with Gasteiger partial charge in [-0.25, -0.2) is 4.85 Å². The van der Waals surface area contributed by atoms with Crippen molar-refractivity contribution in [2.24, 2.45) is 0 Å². The van der Waals surface area contributed by atoms with E-state index in [-0.39, 0.29) is 0 Å². The average Bonchev–Trinajstić information content (AvgIpc) is 2.96. The SMILES string of the molecule is [C-]#[N+]c1ccc(-c2c(-c3ccccc3)noc2C)cc1OC. The lowest BCUT2D eigenvalue weighted by molar-refractivity contribution is 0.400. The minimum absolute atomic E-state index is 0.488. The van der Waals surface area contributed by atoms with Crippen LogP contribution in [0.25, 0.3) is 27.2 Å². The minimum Gasteiger partial charge on any atom is -0.508 e. The number of benzene rings is 2. The van der Waals surface area contributed by atoms with E-state index in [2.05, 4.69) is 10.0 Å². The zero-order valence-corrected chi connectivity index (χ0v) is 12.3. The molecule has 3 rings (SSSR count). The fourth-order valence-corrected chi connectivity index (χ4v) is 2.43. The van der Waals surface area contributed by atoms with Gasteiger partial charge >= 0.3 is 0 Å². The molecular weight excluding hydrogens is 276 g/mol. The molecule has 0 saturated carbocycles. The Hall–Kier alpha value is -3.06. The number of aromatic nitrogens is 1. The van der Waals surface area contributed by atoms with Gasteiger partial charge in [0, 0.05) is 5.56 Å². The Kier molecular flexibility index (Phi) is 3.63. The van der Waals surface area contributed by atoms with E-state index in [0.717, 1.165) is 28.1 Å². The molecule has 3 aromatic rings. The molecule has 0 spiro atoms. The molecule has 2 aromatic carbocycles. The molecule has 0 aliphatic carbocycles. The second-order valence-electron chi connectivity index (χ2n) is 4.83. The van der Waals surface area contributed by atoms with Crippen LogP contribution in [0.2, 0.25) is 0 Å². The summed E-state index contributed by atoms with van der Waals surface area (Å²) in [4.78, 5) is 3.45. The Morgan fingerprint density at radius 2 is 1.86 bits per heavy atom. The highest BCUT2D eigenvalue weighted by molar-refractivity contribution is 5.83. The summed E-state index contributed by atoms with van der Waals surface area (Å²) in [5.41, 5.74) is 4.10. The van der Waals surface area contributed by atoms with E-state index in [0.29, 0.717) is 11.4 Å². The molecule has 0 aliphatic heterocycles. The van der Waals surface area contributed by atoms with Crippen molar-refractivity contribution in [3.63, 3.8) is 0 Å². The molecule has 0 amide bonds. The Morgan fingerprint density at radius 3 is 2.55 bits per heavy atom. The molecule has 0 N–H and O–H groups in total. The summed E-state index contributed by atoms with van der Waals surface area (Å²) < 4.78 is 10.7. The van der Waals surface area contributed by atoms with Crippen molar-refractivity contribution in [1.82, 2.24) is 5.16 Å². The molecule has 4 heteroatoms. The summed E-state index contributed by atoms with van der Waals surface area (Å²) in [5, 5.41) is 4.18. The highest BCUT2D eigenvalue weighted by atomic mass is 16.5. The third kappa shape index (κ3) is 2.33. The molecule has 0 unspecified atom stereocenters. The van der Waals surface area contributed by atoms with Crippen LogP contribution in [-0.4, -0.2) is 12.3 Å². The van der Waals surface area contributed by atoms with Gasteiger partial charge in [-0.3, -0.25) is 0 Å². The number of rotatable bonds is 3.